The van der Waals surface area contributed by atoms with Gasteiger partial charge in [0.1, 0.15) is 0 Å². The zero-order valence-corrected chi connectivity index (χ0v) is 10.1. The summed E-state index contributed by atoms with van der Waals surface area (Å²) >= 11 is 0. The minimum absolute atomic E-state index is 0.491. The topological polar surface area (TPSA) is 61.5 Å². The number of ether oxygens (including phenoxy) is 2. The summed E-state index contributed by atoms with van der Waals surface area (Å²) in [5.74, 6) is 0.810. The molecule has 92 valence electrons. The van der Waals surface area contributed by atoms with Gasteiger partial charge in [0, 0.05) is 11.6 Å². The number of hydrogen-bond donors (Lipinski definition) is 1. The van der Waals surface area contributed by atoms with Crippen LogP contribution >= 0.6 is 0 Å². The summed E-state index contributed by atoms with van der Waals surface area (Å²) in [6.45, 7) is 4.89. The van der Waals surface area contributed by atoms with Gasteiger partial charge in [-0.2, -0.15) is 0 Å². The summed E-state index contributed by atoms with van der Waals surface area (Å²) in [7, 11) is 0. The first kappa shape index (κ1) is 13.1. The van der Waals surface area contributed by atoms with Crippen LogP contribution in [0.4, 0.5) is 0 Å². The van der Waals surface area contributed by atoms with Crippen LogP contribution in [-0.2, 0) is 4.79 Å². The largest absolute Gasteiger partial charge is 0.490 e. The number of rotatable bonds is 6. The Hall–Kier alpha value is -1.97. The van der Waals surface area contributed by atoms with Crippen LogP contribution in [-0.4, -0.2) is 19.1 Å². The zero-order valence-electron chi connectivity index (χ0n) is 10.1. The van der Waals surface area contributed by atoms with E-state index in [4.69, 9.17) is 15.2 Å². The second kappa shape index (κ2) is 6.58. The lowest BCUT2D eigenvalue weighted by Crippen LogP contribution is -2.05. The molecule has 4 heteroatoms. The number of benzene rings is 1. The lowest BCUT2D eigenvalue weighted by Gasteiger charge is -2.12. The van der Waals surface area contributed by atoms with E-state index in [2.05, 4.69) is 0 Å². The summed E-state index contributed by atoms with van der Waals surface area (Å²) in [6, 6.07) is 5.51. The SMILES string of the molecule is CCOc1cccc(C=CC(N)=O)c1OCC. The van der Waals surface area contributed by atoms with Crippen molar-refractivity contribution in [3.05, 3.63) is 29.8 Å². The van der Waals surface area contributed by atoms with Gasteiger partial charge in [-0.15, -0.1) is 0 Å². The minimum atomic E-state index is -0.491. The van der Waals surface area contributed by atoms with E-state index in [0.717, 1.165) is 5.56 Å². The van der Waals surface area contributed by atoms with E-state index in [9.17, 15) is 4.79 Å². The van der Waals surface area contributed by atoms with Gasteiger partial charge >= 0.3 is 0 Å². The first-order chi connectivity index (χ1) is 8.19. The van der Waals surface area contributed by atoms with E-state index in [1.54, 1.807) is 6.08 Å². The van der Waals surface area contributed by atoms with Gasteiger partial charge in [0.05, 0.1) is 13.2 Å². The lowest BCUT2D eigenvalue weighted by molar-refractivity contribution is -0.113. The van der Waals surface area contributed by atoms with E-state index in [1.165, 1.54) is 6.08 Å². The summed E-state index contributed by atoms with van der Waals surface area (Å²) in [5, 5.41) is 0. The normalized spacial score (nSPS) is 10.5. The molecule has 1 rings (SSSR count). The molecule has 0 saturated carbocycles. The average molecular weight is 235 g/mol. The highest BCUT2D eigenvalue weighted by atomic mass is 16.5. The van der Waals surface area contributed by atoms with Gasteiger partial charge in [-0.25, -0.2) is 0 Å². The van der Waals surface area contributed by atoms with Crippen molar-refractivity contribution in [3.8, 4) is 11.5 Å². The Kier molecular flexibility index (Phi) is 5.07. The molecule has 0 unspecified atom stereocenters. The standard InChI is InChI=1S/C13H17NO3/c1-3-16-11-7-5-6-10(8-9-12(14)15)13(11)17-4-2/h5-9H,3-4H2,1-2H3,(H2,14,15). The first-order valence-electron chi connectivity index (χ1n) is 5.55. The molecule has 0 aromatic heterocycles. The average Bonchev–Trinajstić information content (AvgIpc) is 2.30. The summed E-state index contributed by atoms with van der Waals surface area (Å²) < 4.78 is 11.0. The third-order valence-corrected chi connectivity index (χ3v) is 2.03. The first-order valence-corrected chi connectivity index (χ1v) is 5.55. The van der Waals surface area contributed by atoms with Gasteiger partial charge < -0.3 is 15.2 Å². The number of primary amides is 1. The Morgan fingerprint density at radius 1 is 1.29 bits per heavy atom. The fourth-order valence-corrected chi connectivity index (χ4v) is 1.40. The van der Waals surface area contributed by atoms with Gasteiger partial charge in [0.25, 0.3) is 0 Å². The predicted octanol–water partition coefficient (Wildman–Crippen LogP) is 1.98. The van der Waals surface area contributed by atoms with Crippen molar-refractivity contribution in [1.29, 1.82) is 0 Å². The Morgan fingerprint density at radius 2 is 2.00 bits per heavy atom. The van der Waals surface area contributed by atoms with Crippen LogP contribution in [0.3, 0.4) is 0 Å². The Labute approximate surface area is 101 Å². The molecule has 0 aliphatic heterocycles. The van der Waals surface area contributed by atoms with Crippen molar-refractivity contribution in [3.63, 3.8) is 0 Å². The maximum absolute atomic E-state index is 10.7. The number of carbonyl (C=O) groups is 1. The Bertz CT molecular complexity index is 413. The van der Waals surface area contributed by atoms with Gasteiger partial charge in [0.2, 0.25) is 5.91 Å². The number of amides is 1. The third-order valence-electron chi connectivity index (χ3n) is 2.03. The van der Waals surface area contributed by atoms with Crippen LogP contribution in [0.2, 0.25) is 0 Å². The number of para-hydroxylation sites is 1. The van der Waals surface area contributed by atoms with Crippen molar-refractivity contribution in [2.75, 3.05) is 13.2 Å². The summed E-state index contributed by atoms with van der Waals surface area (Å²) in [6.07, 6.45) is 2.92. The molecule has 0 radical (unpaired) electrons. The Morgan fingerprint density at radius 3 is 2.59 bits per heavy atom. The van der Waals surface area contributed by atoms with Crippen molar-refractivity contribution < 1.29 is 14.3 Å². The predicted molar refractivity (Wildman–Crippen MR) is 67.0 cm³/mol. The van der Waals surface area contributed by atoms with Gasteiger partial charge in [0.15, 0.2) is 11.5 Å². The second-order valence-corrected chi connectivity index (χ2v) is 3.28. The van der Waals surface area contributed by atoms with Crippen LogP contribution in [0.5, 0.6) is 11.5 Å². The minimum Gasteiger partial charge on any atom is -0.490 e. The fourth-order valence-electron chi connectivity index (χ4n) is 1.40. The zero-order chi connectivity index (χ0) is 12.7. The van der Waals surface area contributed by atoms with Crippen LogP contribution in [0.15, 0.2) is 24.3 Å². The molecule has 0 aliphatic carbocycles. The van der Waals surface area contributed by atoms with Crippen LogP contribution < -0.4 is 15.2 Å². The third kappa shape index (κ3) is 3.83. The molecule has 1 amide bonds. The molecule has 0 atom stereocenters. The van der Waals surface area contributed by atoms with E-state index >= 15 is 0 Å². The van der Waals surface area contributed by atoms with E-state index in [0.29, 0.717) is 24.7 Å². The van der Waals surface area contributed by atoms with Crippen molar-refractivity contribution in [2.45, 2.75) is 13.8 Å². The van der Waals surface area contributed by atoms with Crippen molar-refractivity contribution in [2.24, 2.45) is 5.73 Å². The van der Waals surface area contributed by atoms with Crippen LogP contribution in [0.1, 0.15) is 19.4 Å². The molecular formula is C13H17NO3. The highest BCUT2D eigenvalue weighted by Gasteiger charge is 2.08. The molecule has 17 heavy (non-hydrogen) atoms. The molecule has 0 heterocycles. The quantitative estimate of drug-likeness (QED) is 0.767. The molecule has 0 aliphatic rings. The van der Waals surface area contributed by atoms with Crippen LogP contribution in [0, 0.1) is 0 Å². The second-order valence-electron chi connectivity index (χ2n) is 3.28. The van der Waals surface area contributed by atoms with Crippen molar-refractivity contribution >= 4 is 12.0 Å². The maximum atomic E-state index is 10.7. The Balaban J connectivity index is 3.09. The smallest absolute Gasteiger partial charge is 0.241 e. The molecule has 1 aromatic carbocycles. The molecule has 0 saturated heterocycles. The molecule has 4 nitrogen and oxygen atoms in total. The highest BCUT2D eigenvalue weighted by Crippen LogP contribution is 2.32. The van der Waals surface area contributed by atoms with Gasteiger partial charge in [-0.05, 0) is 26.0 Å². The number of carbonyl (C=O) groups excluding carboxylic acids is 1. The molecular weight excluding hydrogens is 218 g/mol. The van der Waals surface area contributed by atoms with Gasteiger partial charge in [-0.3, -0.25) is 4.79 Å². The molecule has 0 spiro atoms. The maximum Gasteiger partial charge on any atom is 0.241 e. The summed E-state index contributed by atoms with van der Waals surface area (Å²) in [5.41, 5.74) is 5.84. The number of nitrogens with two attached hydrogens (primary N) is 1. The molecule has 2 N–H and O–H groups in total. The van der Waals surface area contributed by atoms with E-state index in [1.807, 2.05) is 32.0 Å². The highest BCUT2D eigenvalue weighted by molar-refractivity contribution is 5.90. The fraction of sp³-hybridized carbons (Fsp3) is 0.308. The van der Waals surface area contributed by atoms with Gasteiger partial charge in [-0.1, -0.05) is 12.1 Å². The van der Waals surface area contributed by atoms with Crippen molar-refractivity contribution in [1.82, 2.24) is 0 Å². The number of hydrogen-bond acceptors (Lipinski definition) is 3. The molecule has 1 aromatic rings. The van der Waals surface area contributed by atoms with E-state index in [-0.39, 0.29) is 0 Å². The molecule has 0 bridgehead atoms. The summed E-state index contributed by atoms with van der Waals surface area (Å²) in [4.78, 5) is 10.7. The van der Waals surface area contributed by atoms with Crippen LogP contribution in [0.25, 0.3) is 6.08 Å². The molecule has 0 fully saturated rings. The monoisotopic (exact) mass is 235 g/mol. The van der Waals surface area contributed by atoms with E-state index < -0.39 is 5.91 Å². The lowest BCUT2D eigenvalue weighted by atomic mass is 10.1.